The van der Waals surface area contributed by atoms with E-state index in [4.69, 9.17) is 11.6 Å². The minimum atomic E-state index is 0.794. The van der Waals surface area contributed by atoms with Gasteiger partial charge in [-0.15, -0.1) is 0 Å². The van der Waals surface area contributed by atoms with Crippen LogP contribution < -0.4 is 0 Å². The highest BCUT2D eigenvalue weighted by atomic mass is 35.5. The van der Waals surface area contributed by atoms with E-state index >= 15 is 0 Å². The molecule has 90 valence electrons. The Hall–Kier alpha value is -1.73. The van der Waals surface area contributed by atoms with Gasteiger partial charge in [-0.05, 0) is 35.6 Å². The lowest BCUT2D eigenvalue weighted by Crippen LogP contribution is -1.99. The normalized spacial score (nSPS) is 10.9. The fourth-order valence-corrected chi connectivity index (χ4v) is 2.41. The zero-order valence-electron chi connectivity index (χ0n) is 10.0. The van der Waals surface area contributed by atoms with Crippen LogP contribution in [0.25, 0.3) is 10.9 Å². The maximum atomic E-state index is 6.05. The molecule has 2 heteroatoms. The van der Waals surface area contributed by atoms with Crippen LogP contribution in [0, 0.1) is 0 Å². The number of fused-ring (bicyclic) bond motifs is 1. The first-order valence-corrected chi connectivity index (χ1v) is 6.49. The molecule has 0 spiro atoms. The molecule has 1 heterocycles. The zero-order valence-corrected chi connectivity index (χ0v) is 10.8. The third-order valence-electron chi connectivity index (χ3n) is 3.22. The number of benzene rings is 2. The van der Waals surface area contributed by atoms with Crippen molar-refractivity contribution in [1.82, 2.24) is 4.57 Å². The highest BCUT2D eigenvalue weighted by molar-refractivity contribution is 6.31. The molecule has 0 saturated heterocycles. The van der Waals surface area contributed by atoms with Crippen molar-refractivity contribution >= 4 is 22.5 Å². The summed E-state index contributed by atoms with van der Waals surface area (Å²) in [7, 11) is 0. The van der Waals surface area contributed by atoms with Gasteiger partial charge in [0.15, 0.2) is 0 Å². The molecular formula is C16H14ClN. The van der Waals surface area contributed by atoms with E-state index in [1.807, 2.05) is 18.2 Å². The molecule has 1 nitrogen and oxygen atoms in total. The summed E-state index contributed by atoms with van der Waals surface area (Å²) in [5.41, 5.74) is 2.57. The van der Waals surface area contributed by atoms with Crippen LogP contribution in [0.1, 0.15) is 5.56 Å². The van der Waals surface area contributed by atoms with Crippen LogP contribution in [0.4, 0.5) is 0 Å². The van der Waals surface area contributed by atoms with Crippen LogP contribution in [0.5, 0.6) is 0 Å². The number of nitrogens with zero attached hydrogens (tertiary/aromatic N) is 1. The molecule has 0 atom stereocenters. The maximum absolute atomic E-state index is 6.05. The number of hydrogen-bond acceptors (Lipinski definition) is 0. The van der Waals surface area contributed by atoms with Gasteiger partial charge in [0.25, 0.3) is 0 Å². The Morgan fingerprint density at radius 1 is 0.944 bits per heavy atom. The molecule has 1 aromatic heterocycles. The summed E-state index contributed by atoms with van der Waals surface area (Å²) >= 11 is 6.05. The standard InChI is InChI=1S/C16H14ClN/c17-15-7-6-14-9-11-18(16(14)12-15)10-8-13-4-2-1-3-5-13/h1-7,9,11-12H,8,10H2. The molecule has 0 aliphatic rings. The predicted molar refractivity (Wildman–Crippen MR) is 77.1 cm³/mol. The van der Waals surface area contributed by atoms with Crippen LogP contribution in [-0.4, -0.2) is 4.57 Å². The molecule has 0 aliphatic carbocycles. The van der Waals surface area contributed by atoms with Gasteiger partial charge < -0.3 is 4.57 Å². The first-order chi connectivity index (χ1) is 8.83. The minimum Gasteiger partial charge on any atom is -0.347 e. The van der Waals surface area contributed by atoms with Gasteiger partial charge in [-0.3, -0.25) is 0 Å². The highest BCUT2D eigenvalue weighted by Gasteiger charge is 2.01. The molecule has 0 bridgehead atoms. The molecular weight excluding hydrogens is 242 g/mol. The first kappa shape index (κ1) is 11.4. The average molecular weight is 256 g/mol. The summed E-state index contributed by atoms with van der Waals surface area (Å²) in [5.74, 6) is 0. The van der Waals surface area contributed by atoms with E-state index in [1.165, 1.54) is 16.5 Å². The Bertz CT molecular complexity index is 655. The Morgan fingerprint density at radius 3 is 2.61 bits per heavy atom. The van der Waals surface area contributed by atoms with E-state index < -0.39 is 0 Å². The number of halogens is 1. The van der Waals surface area contributed by atoms with E-state index in [-0.39, 0.29) is 0 Å². The summed E-state index contributed by atoms with van der Waals surface area (Å²) in [5, 5.41) is 2.04. The minimum absolute atomic E-state index is 0.794. The smallest absolute Gasteiger partial charge is 0.0495 e. The van der Waals surface area contributed by atoms with E-state index in [9.17, 15) is 0 Å². The van der Waals surface area contributed by atoms with Gasteiger partial charge in [-0.25, -0.2) is 0 Å². The molecule has 0 radical (unpaired) electrons. The lowest BCUT2D eigenvalue weighted by molar-refractivity contribution is 0.723. The molecule has 0 aliphatic heterocycles. The Labute approximate surface area is 112 Å². The predicted octanol–water partition coefficient (Wildman–Crippen LogP) is 4.54. The second-order valence-corrected chi connectivity index (χ2v) is 4.88. The van der Waals surface area contributed by atoms with Crippen molar-refractivity contribution in [2.45, 2.75) is 13.0 Å². The summed E-state index contributed by atoms with van der Waals surface area (Å²) in [6.07, 6.45) is 3.17. The van der Waals surface area contributed by atoms with Gasteiger partial charge in [0.2, 0.25) is 0 Å². The molecule has 0 saturated carbocycles. The quantitative estimate of drug-likeness (QED) is 0.648. The molecule has 2 aromatic carbocycles. The average Bonchev–Trinajstić information content (AvgIpc) is 2.80. The Balaban J connectivity index is 1.85. The van der Waals surface area contributed by atoms with Crippen LogP contribution in [0.15, 0.2) is 60.8 Å². The second kappa shape index (κ2) is 4.87. The summed E-state index contributed by atoms with van der Waals surface area (Å²) in [6.45, 7) is 0.980. The van der Waals surface area contributed by atoms with Crippen molar-refractivity contribution in [3.05, 3.63) is 71.4 Å². The molecule has 0 unspecified atom stereocenters. The van der Waals surface area contributed by atoms with Gasteiger partial charge >= 0.3 is 0 Å². The second-order valence-electron chi connectivity index (χ2n) is 4.45. The largest absolute Gasteiger partial charge is 0.347 e. The third-order valence-corrected chi connectivity index (χ3v) is 3.46. The van der Waals surface area contributed by atoms with Crippen molar-refractivity contribution in [3.63, 3.8) is 0 Å². The molecule has 0 N–H and O–H groups in total. The van der Waals surface area contributed by atoms with Gasteiger partial charge in [-0.1, -0.05) is 48.0 Å². The molecule has 3 rings (SSSR count). The van der Waals surface area contributed by atoms with Gasteiger partial charge in [0.1, 0.15) is 0 Å². The van der Waals surface area contributed by atoms with Crippen molar-refractivity contribution < 1.29 is 0 Å². The fraction of sp³-hybridized carbons (Fsp3) is 0.125. The molecule has 0 fully saturated rings. The van der Waals surface area contributed by atoms with Crippen LogP contribution in [0.3, 0.4) is 0 Å². The zero-order chi connectivity index (χ0) is 12.4. The molecule has 0 amide bonds. The van der Waals surface area contributed by atoms with Crippen molar-refractivity contribution in [1.29, 1.82) is 0 Å². The fourth-order valence-electron chi connectivity index (χ4n) is 2.25. The molecule has 18 heavy (non-hydrogen) atoms. The number of hydrogen-bond donors (Lipinski definition) is 0. The van der Waals surface area contributed by atoms with E-state index in [2.05, 4.69) is 47.2 Å². The summed E-state index contributed by atoms with van der Waals surface area (Å²) < 4.78 is 2.26. The molecule has 3 aromatic rings. The van der Waals surface area contributed by atoms with Crippen molar-refractivity contribution in [3.8, 4) is 0 Å². The van der Waals surface area contributed by atoms with Crippen LogP contribution >= 0.6 is 11.6 Å². The van der Waals surface area contributed by atoms with Crippen molar-refractivity contribution in [2.24, 2.45) is 0 Å². The summed E-state index contributed by atoms with van der Waals surface area (Å²) in [6, 6.07) is 18.7. The number of aromatic nitrogens is 1. The monoisotopic (exact) mass is 255 g/mol. The topological polar surface area (TPSA) is 4.93 Å². The van der Waals surface area contributed by atoms with E-state index in [0.29, 0.717) is 0 Å². The Morgan fingerprint density at radius 2 is 1.78 bits per heavy atom. The SMILES string of the molecule is Clc1ccc2ccn(CCc3ccccc3)c2c1. The Kier molecular flexibility index (Phi) is 3.07. The van der Waals surface area contributed by atoms with Gasteiger partial charge in [0.05, 0.1) is 0 Å². The lowest BCUT2D eigenvalue weighted by Gasteiger charge is -2.06. The van der Waals surface area contributed by atoms with Gasteiger partial charge in [0, 0.05) is 23.3 Å². The highest BCUT2D eigenvalue weighted by Crippen LogP contribution is 2.20. The van der Waals surface area contributed by atoms with Gasteiger partial charge in [-0.2, -0.15) is 0 Å². The lowest BCUT2D eigenvalue weighted by atomic mass is 10.1. The third kappa shape index (κ3) is 2.27. The number of rotatable bonds is 3. The van der Waals surface area contributed by atoms with Crippen LogP contribution in [0.2, 0.25) is 5.02 Å². The van der Waals surface area contributed by atoms with E-state index in [0.717, 1.165) is 18.0 Å². The maximum Gasteiger partial charge on any atom is 0.0495 e. The van der Waals surface area contributed by atoms with Crippen LogP contribution in [-0.2, 0) is 13.0 Å². The summed E-state index contributed by atoms with van der Waals surface area (Å²) in [4.78, 5) is 0. The van der Waals surface area contributed by atoms with Crippen molar-refractivity contribution in [2.75, 3.05) is 0 Å². The number of aryl methyl sites for hydroxylation is 2. The first-order valence-electron chi connectivity index (χ1n) is 6.11. The van der Waals surface area contributed by atoms with E-state index in [1.54, 1.807) is 0 Å².